The fourth-order valence-corrected chi connectivity index (χ4v) is 12.6. The number of ether oxygens (including phenoxy) is 5. The lowest BCUT2D eigenvalue weighted by atomic mass is 10.0. The van der Waals surface area contributed by atoms with Crippen molar-refractivity contribution in [3.8, 4) is 11.5 Å². The van der Waals surface area contributed by atoms with Crippen LogP contribution >= 0.6 is 34.9 Å². The maximum absolute atomic E-state index is 15.1. The number of oxime groups is 1. The van der Waals surface area contributed by atoms with Crippen molar-refractivity contribution in [2.75, 3.05) is 17.2 Å². The fraction of sp³-hybridized carbons (Fsp3) is 0.246. The predicted molar refractivity (Wildman–Crippen MR) is 314 cm³/mol. The molecule has 5 aromatic carbocycles. The number of thiazole rings is 1. The van der Waals surface area contributed by atoms with Crippen molar-refractivity contribution in [3.05, 3.63) is 207 Å². The maximum atomic E-state index is 15.1. The molecule has 11 rings (SSSR count). The lowest BCUT2D eigenvalue weighted by Gasteiger charge is -2.49. The SMILES string of the molecule is Cc1cc(SCC2=C(C(=O)OC(c3ccccc3)c3ccccc3)N3C(=O)[C@@H](NC(=O)C(=NOCc4c(C(=O)OC(C)(C)C)ccc5c4OC(C)(C)O5)c4csc(N)n4)[C@H]3SC2)n2nc(C(=O)OC(c3ccccc3)c3ccccc3)nc2n1. The Morgan fingerprint density at radius 3 is 1.98 bits per heavy atom. The number of aryl methyl sites for hydroxylation is 1. The van der Waals surface area contributed by atoms with Gasteiger partial charge in [-0.15, -0.1) is 40.0 Å². The number of anilines is 1. The van der Waals surface area contributed by atoms with E-state index in [-0.39, 0.29) is 68.8 Å². The van der Waals surface area contributed by atoms with Crippen molar-refractivity contribution < 1.29 is 52.5 Å². The van der Waals surface area contributed by atoms with Crippen molar-refractivity contribution in [1.82, 2.24) is 34.8 Å². The van der Waals surface area contributed by atoms with Crippen LogP contribution in [-0.2, 0) is 40.0 Å². The number of aromatic nitrogens is 5. The minimum absolute atomic E-state index is 0.00594. The minimum Gasteiger partial charge on any atom is -0.456 e. The first kappa shape index (κ1) is 56.8. The van der Waals surface area contributed by atoms with Crippen LogP contribution in [-0.4, -0.2) is 99.2 Å². The van der Waals surface area contributed by atoms with Crippen LogP contribution < -0.4 is 20.5 Å². The van der Waals surface area contributed by atoms with E-state index >= 15 is 4.79 Å². The molecule has 3 aromatic heterocycles. The Bertz CT molecular complexity index is 3810. The first-order chi connectivity index (χ1) is 40.4. The number of hydrogen-bond acceptors (Lipinski definition) is 20. The van der Waals surface area contributed by atoms with Gasteiger partial charge in [0, 0.05) is 36.4 Å². The lowest BCUT2D eigenvalue weighted by Crippen LogP contribution is -2.71. The number of carbonyl (C=O) groups is 5. The van der Waals surface area contributed by atoms with Gasteiger partial charge in [-0.05, 0) is 73.7 Å². The third kappa shape index (κ3) is 12.2. The van der Waals surface area contributed by atoms with Crippen LogP contribution in [0.3, 0.4) is 0 Å². The van der Waals surface area contributed by atoms with E-state index in [4.69, 9.17) is 34.3 Å². The van der Waals surface area contributed by atoms with Gasteiger partial charge in [-0.25, -0.2) is 24.4 Å². The Labute approximate surface area is 494 Å². The fourth-order valence-electron chi connectivity index (χ4n) is 9.55. The van der Waals surface area contributed by atoms with Crippen LogP contribution in [0.4, 0.5) is 5.13 Å². The molecule has 0 radical (unpaired) electrons. The average Bonchev–Trinajstić information content (AvgIpc) is 1.76. The molecule has 1 fully saturated rings. The highest BCUT2D eigenvalue weighted by atomic mass is 32.2. The van der Waals surface area contributed by atoms with Gasteiger partial charge in [-0.1, -0.05) is 126 Å². The van der Waals surface area contributed by atoms with Gasteiger partial charge >= 0.3 is 17.9 Å². The zero-order valence-electron chi connectivity index (χ0n) is 46.2. The topological polar surface area (TPSA) is 250 Å². The molecule has 0 bridgehead atoms. The van der Waals surface area contributed by atoms with Crippen molar-refractivity contribution in [2.45, 2.75) is 88.2 Å². The number of thioether (sulfide) groups is 2. The summed E-state index contributed by atoms with van der Waals surface area (Å²) in [5, 5.41) is 13.0. The molecule has 3 aliphatic rings. The molecule has 6 heterocycles. The Hall–Kier alpha value is -9.06. The second-order valence-corrected chi connectivity index (χ2v) is 24.0. The maximum Gasteiger partial charge on any atom is 0.379 e. The molecule has 0 aliphatic carbocycles. The summed E-state index contributed by atoms with van der Waals surface area (Å²) in [5.74, 6) is -3.80. The van der Waals surface area contributed by atoms with Gasteiger partial charge in [-0.2, -0.15) is 9.50 Å². The van der Waals surface area contributed by atoms with Gasteiger partial charge in [-0.3, -0.25) is 14.5 Å². The molecule has 84 heavy (non-hydrogen) atoms. The summed E-state index contributed by atoms with van der Waals surface area (Å²) in [7, 11) is 0. The number of esters is 3. The third-order valence-electron chi connectivity index (χ3n) is 13.3. The Kier molecular flexibility index (Phi) is 16.0. The number of hydrogen-bond donors (Lipinski definition) is 2. The second kappa shape index (κ2) is 23.7. The van der Waals surface area contributed by atoms with Crippen LogP contribution in [0, 0.1) is 6.92 Å². The molecule has 0 saturated carbocycles. The summed E-state index contributed by atoms with van der Waals surface area (Å²) < 4.78 is 31.8. The van der Waals surface area contributed by atoms with E-state index < -0.39 is 64.7 Å². The van der Waals surface area contributed by atoms with Crippen molar-refractivity contribution in [1.29, 1.82) is 0 Å². The summed E-state index contributed by atoms with van der Waals surface area (Å²) >= 11 is 3.68. The number of nitrogen functional groups attached to an aromatic ring is 1. The van der Waals surface area contributed by atoms with E-state index in [1.54, 1.807) is 53.7 Å². The van der Waals surface area contributed by atoms with E-state index in [0.29, 0.717) is 33.2 Å². The molecule has 20 nitrogen and oxygen atoms in total. The molecular weight excluding hydrogens is 1130 g/mol. The number of nitrogens with two attached hydrogens (primary N) is 1. The van der Waals surface area contributed by atoms with E-state index in [1.807, 2.05) is 121 Å². The van der Waals surface area contributed by atoms with Gasteiger partial charge in [0.25, 0.3) is 23.4 Å². The Morgan fingerprint density at radius 1 is 0.810 bits per heavy atom. The van der Waals surface area contributed by atoms with Crippen molar-refractivity contribution in [3.63, 3.8) is 0 Å². The third-order valence-corrected chi connectivity index (χ3v) is 16.4. The van der Waals surface area contributed by atoms with Gasteiger partial charge in [0.15, 0.2) is 34.6 Å². The highest BCUT2D eigenvalue weighted by Crippen LogP contribution is 2.45. The van der Waals surface area contributed by atoms with Crippen LogP contribution in [0.1, 0.15) is 107 Å². The lowest BCUT2D eigenvalue weighted by molar-refractivity contribution is -0.154. The summed E-state index contributed by atoms with van der Waals surface area (Å²) in [5.41, 5.74) is 9.38. The molecule has 0 spiro atoms. The number of amides is 2. The predicted octanol–water partition coefficient (Wildman–Crippen LogP) is 9.58. The summed E-state index contributed by atoms with van der Waals surface area (Å²) in [6.07, 6.45) is -1.62. The van der Waals surface area contributed by atoms with Gasteiger partial charge in [0.2, 0.25) is 5.79 Å². The number of nitrogens with zero attached hydrogens (tertiary/aromatic N) is 7. The molecule has 428 valence electrons. The minimum atomic E-state index is -1.16. The van der Waals surface area contributed by atoms with Crippen LogP contribution in [0.2, 0.25) is 0 Å². The second-order valence-electron chi connectivity index (χ2n) is 21.0. The molecule has 1 saturated heterocycles. The number of rotatable bonds is 18. The highest BCUT2D eigenvalue weighted by molar-refractivity contribution is 8.01. The number of carbonyl (C=O) groups excluding carboxylic acids is 5. The van der Waals surface area contributed by atoms with Crippen molar-refractivity contribution >= 4 is 81.2 Å². The summed E-state index contributed by atoms with van der Waals surface area (Å²) in [6, 6.07) is 41.0. The monoisotopic (exact) mass is 1190 g/mol. The zero-order valence-corrected chi connectivity index (χ0v) is 48.7. The number of fused-ring (bicyclic) bond motifs is 3. The first-order valence-electron chi connectivity index (χ1n) is 26.5. The van der Waals surface area contributed by atoms with Crippen LogP contribution in [0.5, 0.6) is 11.5 Å². The van der Waals surface area contributed by atoms with Crippen molar-refractivity contribution in [2.24, 2.45) is 5.16 Å². The summed E-state index contributed by atoms with van der Waals surface area (Å²) in [6.45, 7) is 10.1. The average molecular weight is 1190 g/mol. The summed E-state index contributed by atoms with van der Waals surface area (Å²) in [4.78, 5) is 92.5. The standard InChI is InChI=1S/C61H55N9O11S3/c1-34-29-44(70-59(63-34)66-51(67-70)57(75)78-49(37-23-15-9-16-24-37)38-25-17-10-18-26-38)82-31-39-32-83-54-46(53(72)69(54)47(39)56(74)77-48(35-19-11-7-12-20-35)36-21-13-8-14-22-36)65-52(71)45(42-33-84-58(62)64-42)68-76-30-41-40(55(73)81-60(2,3)4)27-28-43-50(41)80-61(5,6)79-43/h7-29,33,46,48-49,54H,30-32H2,1-6H3,(H2,62,64)(H,65,71)/t46-,54-/m1/s1. The van der Waals surface area contributed by atoms with E-state index in [1.165, 1.54) is 44.4 Å². The van der Waals surface area contributed by atoms with E-state index in [2.05, 4.69) is 30.5 Å². The Morgan fingerprint density at radius 2 is 1.40 bits per heavy atom. The van der Waals surface area contributed by atoms with E-state index in [0.717, 1.165) is 22.5 Å². The molecule has 3 N–H and O–H groups in total. The molecule has 23 heteroatoms. The zero-order chi connectivity index (χ0) is 58.9. The number of nitrogens with one attached hydrogen (secondary N) is 1. The normalized spacial score (nSPS) is 16.3. The number of β-lactam (4-membered cyclic amide) rings is 1. The molecule has 0 unspecified atom stereocenters. The quantitative estimate of drug-likeness (QED) is 0.0154. The molecule has 2 atom stereocenters. The van der Waals surface area contributed by atoms with Gasteiger partial charge in [0.1, 0.15) is 40.0 Å². The molecule has 8 aromatic rings. The molecule has 3 aliphatic heterocycles. The smallest absolute Gasteiger partial charge is 0.379 e. The number of benzene rings is 5. The van der Waals surface area contributed by atoms with Crippen LogP contribution in [0.15, 0.2) is 166 Å². The molecular formula is C61H55N9O11S3. The van der Waals surface area contributed by atoms with E-state index in [9.17, 15) is 19.2 Å². The van der Waals surface area contributed by atoms with Gasteiger partial charge < -0.3 is 39.6 Å². The highest BCUT2D eigenvalue weighted by Gasteiger charge is 2.55. The first-order valence-corrected chi connectivity index (χ1v) is 29.4. The van der Waals surface area contributed by atoms with Crippen LogP contribution in [0.25, 0.3) is 5.78 Å². The molecule has 2 amide bonds. The Balaban J connectivity index is 0.879. The largest absolute Gasteiger partial charge is 0.456 e. The van der Waals surface area contributed by atoms with Gasteiger partial charge in [0.05, 0.1) is 11.1 Å².